The molecule has 0 radical (unpaired) electrons. The number of fused-ring (bicyclic) bond motifs is 1. The van der Waals surface area contributed by atoms with Crippen LogP contribution in [0.1, 0.15) is 29.4 Å². The van der Waals surface area contributed by atoms with Crippen LogP contribution < -0.4 is 5.32 Å². The normalized spacial score (nSPS) is 13.2. The number of ether oxygens (including phenoxy) is 1. The van der Waals surface area contributed by atoms with Gasteiger partial charge in [0.25, 0.3) is 5.91 Å². The van der Waals surface area contributed by atoms with Gasteiger partial charge in [0, 0.05) is 19.7 Å². The zero-order valence-electron chi connectivity index (χ0n) is 16.9. The van der Waals surface area contributed by atoms with Crippen LogP contribution in [0.3, 0.4) is 0 Å². The van der Waals surface area contributed by atoms with Crippen LogP contribution in [0.5, 0.6) is 0 Å². The van der Waals surface area contributed by atoms with E-state index in [1.54, 1.807) is 24.7 Å². The van der Waals surface area contributed by atoms with Crippen molar-refractivity contribution in [3.05, 3.63) is 47.7 Å². The second-order valence-corrected chi connectivity index (χ2v) is 7.35. The van der Waals surface area contributed by atoms with E-state index in [1.165, 1.54) is 7.11 Å². The number of carboxylic acid groups (broad SMARTS) is 1. The molecule has 8 heteroatoms. The molecule has 1 unspecified atom stereocenters. The van der Waals surface area contributed by atoms with Crippen molar-refractivity contribution in [3.63, 3.8) is 0 Å². The Morgan fingerprint density at radius 3 is 2.59 bits per heavy atom. The van der Waals surface area contributed by atoms with Crippen molar-refractivity contribution in [2.24, 2.45) is 7.05 Å². The predicted molar refractivity (Wildman–Crippen MR) is 109 cm³/mol. The van der Waals surface area contributed by atoms with Crippen LogP contribution in [0.25, 0.3) is 22.3 Å². The monoisotopic (exact) mass is 396 g/mol. The quantitative estimate of drug-likeness (QED) is 0.636. The number of aromatic nitrogens is 3. The number of aliphatic carboxylic acids is 1. The second-order valence-electron chi connectivity index (χ2n) is 7.35. The number of rotatable bonds is 7. The number of carbonyl (C=O) groups excluding carboxylic acids is 1. The largest absolute Gasteiger partial charge is 0.481 e. The summed E-state index contributed by atoms with van der Waals surface area (Å²) >= 11 is 0. The van der Waals surface area contributed by atoms with Crippen LogP contribution in [-0.2, 0) is 16.6 Å². The minimum absolute atomic E-state index is 0.0663. The Hall–Kier alpha value is -3.26. The van der Waals surface area contributed by atoms with E-state index in [-0.39, 0.29) is 13.0 Å². The van der Waals surface area contributed by atoms with Crippen LogP contribution in [0.4, 0.5) is 0 Å². The van der Waals surface area contributed by atoms with Crippen LogP contribution >= 0.6 is 0 Å². The van der Waals surface area contributed by atoms with Gasteiger partial charge in [0.1, 0.15) is 0 Å². The molecule has 3 rings (SSSR count). The molecule has 0 aliphatic carbocycles. The molecule has 0 fully saturated rings. The number of hydrogen-bond acceptors (Lipinski definition) is 5. The minimum Gasteiger partial charge on any atom is -0.481 e. The Kier molecular flexibility index (Phi) is 5.65. The van der Waals surface area contributed by atoms with Crippen molar-refractivity contribution >= 4 is 22.9 Å². The van der Waals surface area contributed by atoms with Crippen LogP contribution in [0, 0.1) is 6.92 Å². The summed E-state index contributed by atoms with van der Waals surface area (Å²) in [7, 11) is 3.24. The number of carboxylic acids is 1. The molecule has 2 N–H and O–H groups in total. The summed E-state index contributed by atoms with van der Waals surface area (Å²) in [6, 6.07) is 11.3. The summed E-state index contributed by atoms with van der Waals surface area (Å²) in [5.41, 5.74) is 2.10. The number of hydrogen-bond donors (Lipinski definition) is 2. The highest BCUT2D eigenvalue weighted by molar-refractivity contribution is 6.07. The molecule has 0 bridgehead atoms. The number of benzene rings is 1. The maximum Gasteiger partial charge on any atom is 0.305 e. The van der Waals surface area contributed by atoms with Gasteiger partial charge in [0.2, 0.25) is 0 Å². The zero-order valence-corrected chi connectivity index (χ0v) is 16.9. The van der Waals surface area contributed by atoms with E-state index in [4.69, 9.17) is 9.72 Å². The number of nitrogens with zero attached hydrogens (tertiary/aromatic N) is 3. The van der Waals surface area contributed by atoms with Crippen molar-refractivity contribution in [2.75, 3.05) is 13.7 Å². The second kappa shape index (κ2) is 8.00. The highest BCUT2D eigenvalue weighted by Crippen LogP contribution is 2.27. The highest BCUT2D eigenvalue weighted by Gasteiger charge is 2.31. The van der Waals surface area contributed by atoms with Gasteiger partial charge in [-0.3, -0.25) is 14.3 Å². The lowest BCUT2D eigenvalue weighted by atomic mass is 9.97. The number of aryl methyl sites for hydroxylation is 2. The number of pyridine rings is 1. The summed E-state index contributed by atoms with van der Waals surface area (Å²) in [5, 5.41) is 17.1. The summed E-state index contributed by atoms with van der Waals surface area (Å²) in [5.74, 6) is -1.42. The van der Waals surface area contributed by atoms with E-state index in [2.05, 4.69) is 10.4 Å². The van der Waals surface area contributed by atoms with Gasteiger partial charge in [-0.25, -0.2) is 4.98 Å². The molecule has 1 amide bonds. The molecule has 0 aliphatic rings. The molecule has 8 nitrogen and oxygen atoms in total. The van der Waals surface area contributed by atoms with E-state index in [0.29, 0.717) is 28.0 Å². The topological polar surface area (TPSA) is 106 Å². The van der Waals surface area contributed by atoms with Gasteiger partial charge in [-0.05, 0) is 19.9 Å². The number of amides is 1. The molecular formula is C21H24N4O4. The predicted octanol–water partition coefficient (Wildman–Crippen LogP) is 2.55. The van der Waals surface area contributed by atoms with Crippen molar-refractivity contribution in [3.8, 4) is 11.3 Å². The number of nitrogens with one attached hydrogen (secondary N) is 1. The maximum absolute atomic E-state index is 13.3. The molecule has 0 saturated carbocycles. The molecule has 2 heterocycles. The summed E-state index contributed by atoms with van der Waals surface area (Å²) in [6.45, 7) is 3.53. The summed E-state index contributed by atoms with van der Waals surface area (Å²) in [4.78, 5) is 29.2. The van der Waals surface area contributed by atoms with Crippen LogP contribution in [0.2, 0.25) is 0 Å². The third kappa shape index (κ3) is 4.27. The van der Waals surface area contributed by atoms with E-state index < -0.39 is 17.4 Å². The van der Waals surface area contributed by atoms with Gasteiger partial charge in [-0.15, -0.1) is 0 Å². The fraction of sp³-hybridized carbons (Fsp3) is 0.333. The Balaban J connectivity index is 2.12. The molecule has 3 aromatic rings. The molecule has 0 spiro atoms. The first kappa shape index (κ1) is 20.5. The first-order chi connectivity index (χ1) is 13.7. The van der Waals surface area contributed by atoms with Gasteiger partial charge < -0.3 is 15.2 Å². The fourth-order valence-corrected chi connectivity index (χ4v) is 3.51. The Morgan fingerprint density at radius 1 is 1.28 bits per heavy atom. The molecule has 2 aromatic heterocycles. The van der Waals surface area contributed by atoms with Gasteiger partial charge in [-0.1, -0.05) is 30.3 Å². The molecule has 0 saturated heterocycles. The minimum atomic E-state index is -1.06. The third-order valence-corrected chi connectivity index (χ3v) is 4.70. The average molecular weight is 396 g/mol. The van der Waals surface area contributed by atoms with E-state index >= 15 is 0 Å². The summed E-state index contributed by atoms with van der Waals surface area (Å²) in [6.07, 6.45) is -0.266. The molecule has 1 atom stereocenters. The van der Waals surface area contributed by atoms with E-state index in [0.717, 1.165) is 5.56 Å². The maximum atomic E-state index is 13.3. The van der Waals surface area contributed by atoms with Crippen molar-refractivity contribution in [1.29, 1.82) is 0 Å². The number of methoxy groups -OCH3 is 1. The number of carbonyl (C=O) groups is 2. The lowest BCUT2D eigenvalue weighted by molar-refractivity contribution is -0.139. The van der Waals surface area contributed by atoms with Crippen LogP contribution in [-0.4, -0.2) is 51.0 Å². The smallest absolute Gasteiger partial charge is 0.305 e. The van der Waals surface area contributed by atoms with Gasteiger partial charge in [0.15, 0.2) is 5.65 Å². The SMILES string of the molecule is COCC(C)(CC(=O)O)NC(=O)c1cc(-c2ccccc2)nc2c1c(C)nn2C. The van der Waals surface area contributed by atoms with Gasteiger partial charge in [0.05, 0.1) is 40.9 Å². The fourth-order valence-electron chi connectivity index (χ4n) is 3.51. The molecule has 152 valence electrons. The van der Waals surface area contributed by atoms with E-state index in [9.17, 15) is 14.7 Å². The first-order valence-electron chi connectivity index (χ1n) is 9.17. The van der Waals surface area contributed by atoms with Gasteiger partial charge >= 0.3 is 5.97 Å². The molecular weight excluding hydrogens is 372 g/mol. The Labute approximate surface area is 168 Å². The Bertz CT molecular complexity index is 1060. The zero-order chi connectivity index (χ0) is 21.2. The van der Waals surface area contributed by atoms with Crippen molar-refractivity contribution in [1.82, 2.24) is 20.1 Å². The van der Waals surface area contributed by atoms with Crippen molar-refractivity contribution in [2.45, 2.75) is 25.8 Å². The Morgan fingerprint density at radius 2 is 1.97 bits per heavy atom. The standard InChI is InChI=1S/C21H24N4O4/c1-13-18-15(20(28)23-21(2,12-29-4)11-17(26)27)10-16(14-8-6-5-7-9-14)22-19(18)25(3)24-13/h5-10H,11-12H2,1-4H3,(H,23,28)(H,26,27). The van der Waals surface area contributed by atoms with Crippen molar-refractivity contribution < 1.29 is 19.4 Å². The lowest BCUT2D eigenvalue weighted by Gasteiger charge is -2.28. The lowest BCUT2D eigenvalue weighted by Crippen LogP contribution is -2.50. The first-order valence-corrected chi connectivity index (χ1v) is 9.17. The summed E-state index contributed by atoms with van der Waals surface area (Å²) < 4.78 is 6.78. The molecule has 29 heavy (non-hydrogen) atoms. The third-order valence-electron chi connectivity index (χ3n) is 4.70. The highest BCUT2D eigenvalue weighted by atomic mass is 16.5. The van der Waals surface area contributed by atoms with Crippen LogP contribution in [0.15, 0.2) is 36.4 Å². The molecule has 1 aromatic carbocycles. The average Bonchev–Trinajstić information content (AvgIpc) is 2.95. The van der Waals surface area contributed by atoms with Gasteiger partial charge in [-0.2, -0.15) is 5.10 Å². The molecule has 0 aliphatic heterocycles. The van der Waals surface area contributed by atoms with E-state index in [1.807, 2.05) is 37.3 Å².